The van der Waals surface area contributed by atoms with Gasteiger partial charge in [-0.2, -0.15) is 0 Å². The first-order chi connectivity index (χ1) is 12.4. The Hall–Kier alpha value is -2.17. The van der Waals surface area contributed by atoms with E-state index >= 15 is 0 Å². The maximum absolute atomic E-state index is 12.4. The van der Waals surface area contributed by atoms with Crippen LogP contribution in [0.4, 0.5) is 0 Å². The molecule has 0 atom stereocenters. The quantitative estimate of drug-likeness (QED) is 0.780. The molecule has 1 amide bonds. The molecule has 0 saturated carbocycles. The third kappa shape index (κ3) is 3.97. The fraction of sp³-hybridized carbons (Fsp3) is 0.500. The van der Waals surface area contributed by atoms with Crippen molar-refractivity contribution >= 4 is 15.9 Å². The second-order valence-electron chi connectivity index (χ2n) is 6.16. The number of furan rings is 1. The van der Waals surface area contributed by atoms with Crippen molar-refractivity contribution < 1.29 is 22.2 Å². The van der Waals surface area contributed by atoms with Crippen LogP contribution in [-0.4, -0.2) is 68.5 Å². The van der Waals surface area contributed by atoms with Crippen molar-refractivity contribution in [3.63, 3.8) is 0 Å². The fourth-order valence-corrected chi connectivity index (χ4v) is 4.35. The van der Waals surface area contributed by atoms with Crippen LogP contribution >= 0.6 is 0 Å². The highest BCUT2D eigenvalue weighted by Crippen LogP contribution is 2.18. The van der Waals surface area contributed by atoms with Crippen molar-refractivity contribution in [2.45, 2.75) is 18.7 Å². The number of aryl methyl sites for hydroxylation is 2. The Labute approximate surface area is 152 Å². The molecular weight excluding hydrogens is 360 g/mol. The minimum atomic E-state index is -3.64. The van der Waals surface area contributed by atoms with Gasteiger partial charge in [-0.05, 0) is 26.0 Å². The Bertz CT molecular complexity index is 832. The molecule has 2 aromatic heterocycles. The van der Waals surface area contributed by atoms with Crippen LogP contribution < -0.4 is 4.72 Å². The third-order valence-electron chi connectivity index (χ3n) is 4.35. The van der Waals surface area contributed by atoms with E-state index < -0.39 is 10.0 Å². The van der Waals surface area contributed by atoms with Gasteiger partial charge >= 0.3 is 0 Å². The molecule has 142 valence electrons. The van der Waals surface area contributed by atoms with E-state index in [2.05, 4.69) is 14.8 Å². The van der Waals surface area contributed by atoms with Gasteiger partial charge in [0.2, 0.25) is 10.0 Å². The van der Waals surface area contributed by atoms with Crippen molar-refractivity contribution in [2.24, 2.45) is 0 Å². The summed E-state index contributed by atoms with van der Waals surface area (Å²) in [6, 6.07) is 3.34. The minimum Gasteiger partial charge on any atom is -0.459 e. The number of carbonyl (C=O) groups is 1. The van der Waals surface area contributed by atoms with Crippen molar-refractivity contribution in [3.05, 3.63) is 35.6 Å². The molecule has 0 unspecified atom stereocenters. The van der Waals surface area contributed by atoms with Crippen molar-refractivity contribution in [1.82, 2.24) is 19.7 Å². The average molecular weight is 382 g/mol. The van der Waals surface area contributed by atoms with E-state index in [1.54, 1.807) is 30.9 Å². The van der Waals surface area contributed by atoms with E-state index in [9.17, 15) is 13.2 Å². The molecule has 0 aliphatic carbocycles. The van der Waals surface area contributed by atoms with Gasteiger partial charge in [-0.15, -0.1) is 0 Å². The lowest BCUT2D eigenvalue weighted by Crippen LogP contribution is -2.50. The van der Waals surface area contributed by atoms with Gasteiger partial charge in [0.1, 0.15) is 10.6 Å². The number of sulfonamides is 1. The van der Waals surface area contributed by atoms with Crippen LogP contribution in [0.15, 0.2) is 32.2 Å². The summed E-state index contributed by atoms with van der Waals surface area (Å²) in [5.41, 5.74) is 0.347. The second kappa shape index (κ2) is 7.60. The lowest BCUT2D eigenvalue weighted by atomic mass is 10.3. The molecule has 3 rings (SSSR count). The van der Waals surface area contributed by atoms with Gasteiger partial charge in [0.15, 0.2) is 11.5 Å². The molecule has 1 fully saturated rings. The number of nitrogens with zero attached hydrogens (tertiary/aromatic N) is 3. The monoisotopic (exact) mass is 382 g/mol. The van der Waals surface area contributed by atoms with Gasteiger partial charge in [0.05, 0.1) is 6.26 Å². The molecule has 9 nitrogen and oxygen atoms in total. The largest absolute Gasteiger partial charge is 0.459 e. The molecule has 26 heavy (non-hydrogen) atoms. The van der Waals surface area contributed by atoms with E-state index in [4.69, 9.17) is 8.94 Å². The van der Waals surface area contributed by atoms with Gasteiger partial charge in [0.25, 0.3) is 5.91 Å². The standard InChI is InChI=1S/C16H22N4O5S/c1-12-15(13(2)25-18-12)26(22,23)17-5-6-19-7-9-20(10-8-19)16(21)14-4-3-11-24-14/h3-4,11,17H,5-10H2,1-2H3. The highest BCUT2D eigenvalue weighted by Gasteiger charge is 2.26. The Kier molecular flexibility index (Phi) is 5.44. The molecule has 1 saturated heterocycles. The molecule has 3 heterocycles. The molecule has 1 aliphatic heterocycles. The second-order valence-corrected chi connectivity index (χ2v) is 7.87. The molecule has 2 aromatic rings. The number of hydrogen-bond donors (Lipinski definition) is 1. The van der Waals surface area contributed by atoms with Crippen LogP contribution in [0.1, 0.15) is 22.0 Å². The van der Waals surface area contributed by atoms with Crippen LogP contribution in [0.2, 0.25) is 0 Å². The summed E-state index contributed by atoms with van der Waals surface area (Å²) in [5.74, 6) is 0.500. The van der Waals surface area contributed by atoms with Gasteiger partial charge in [-0.3, -0.25) is 9.69 Å². The Balaban J connectivity index is 1.46. The van der Waals surface area contributed by atoms with Crippen molar-refractivity contribution in [3.8, 4) is 0 Å². The zero-order chi connectivity index (χ0) is 18.7. The first-order valence-corrected chi connectivity index (χ1v) is 9.84. The first kappa shape index (κ1) is 18.6. The van der Waals surface area contributed by atoms with Crippen molar-refractivity contribution in [2.75, 3.05) is 39.3 Å². The van der Waals surface area contributed by atoms with E-state index in [0.29, 0.717) is 44.2 Å². The minimum absolute atomic E-state index is 0.103. The molecule has 0 aromatic carbocycles. The zero-order valence-corrected chi connectivity index (χ0v) is 15.6. The molecule has 1 aliphatic rings. The molecule has 10 heteroatoms. The Morgan fingerprint density at radius 2 is 2.00 bits per heavy atom. The molecular formula is C16H22N4O5S. The number of hydrogen-bond acceptors (Lipinski definition) is 7. The Morgan fingerprint density at radius 3 is 2.58 bits per heavy atom. The molecule has 0 spiro atoms. The summed E-state index contributed by atoms with van der Waals surface area (Å²) in [4.78, 5) is 16.2. The smallest absolute Gasteiger partial charge is 0.289 e. The van der Waals surface area contributed by atoms with Crippen molar-refractivity contribution in [1.29, 1.82) is 0 Å². The van der Waals surface area contributed by atoms with Crippen LogP contribution in [0.25, 0.3) is 0 Å². The predicted molar refractivity (Wildman–Crippen MR) is 92.2 cm³/mol. The summed E-state index contributed by atoms with van der Waals surface area (Å²) in [5, 5.41) is 3.68. The number of piperazine rings is 1. The van der Waals surface area contributed by atoms with Gasteiger partial charge in [-0.1, -0.05) is 5.16 Å². The summed E-state index contributed by atoms with van der Waals surface area (Å²) >= 11 is 0. The SMILES string of the molecule is Cc1noc(C)c1S(=O)(=O)NCCN1CCN(C(=O)c2ccco2)CC1. The molecule has 0 radical (unpaired) electrons. The van der Waals surface area contributed by atoms with E-state index in [0.717, 1.165) is 0 Å². The highest BCUT2D eigenvalue weighted by molar-refractivity contribution is 7.89. The number of aromatic nitrogens is 1. The van der Waals surface area contributed by atoms with Gasteiger partial charge in [0, 0.05) is 39.3 Å². The normalized spacial score (nSPS) is 16.2. The average Bonchev–Trinajstić information content (AvgIpc) is 3.25. The van der Waals surface area contributed by atoms with Gasteiger partial charge in [-0.25, -0.2) is 13.1 Å². The lowest BCUT2D eigenvalue weighted by Gasteiger charge is -2.34. The number of carbonyl (C=O) groups excluding carboxylic acids is 1. The van der Waals surface area contributed by atoms with E-state index in [1.807, 2.05) is 0 Å². The summed E-state index contributed by atoms with van der Waals surface area (Å²) < 4.78 is 37.4. The summed E-state index contributed by atoms with van der Waals surface area (Å²) in [6.07, 6.45) is 1.48. The number of amides is 1. The van der Waals surface area contributed by atoms with Crippen LogP contribution in [0.3, 0.4) is 0 Å². The van der Waals surface area contributed by atoms with Gasteiger partial charge < -0.3 is 13.8 Å². The maximum atomic E-state index is 12.4. The summed E-state index contributed by atoms with van der Waals surface area (Å²) in [7, 11) is -3.64. The first-order valence-electron chi connectivity index (χ1n) is 8.36. The lowest BCUT2D eigenvalue weighted by molar-refractivity contribution is 0.0609. The summed E-state index contributed by atoms with van der Waals surface area (Å²) in [6.45, 7) is 6.53. The fourth-order valence-electron chi connectivity index (χ4n) is 3.00. The number of rotatable bonds is 6. The van der Waals surface area contributed by atoms with Crippen LogP contribution in [0.5, 0.6) is 0 Å². The topological polar surface area (TPSA) is 109 Å². The van der Waals surface area contributed by atoms with E-state index in [-0.39, 0.29) is 23.1 Å². The Morgan fingerprint density at radius 1 is 1.27 bits per heavy atom. The highest BCUT2D eigenvalue weighted by atomic mass is 32.2. The third-order valence-corrected chi connectivity index (χ3v) is 6.05. The van der Waals surface area contributed by atoms with Crippen LogP contribution in [-0.2, 0) is 10.0 Å². The molecule has 0 bridgehead atoms. The molecule has 1 N–H and O–H groups in total. The zero-order valence-electron chi connectivity index (χ0n) is 14.8. The van der Waals surface area contributed by atoms with E-state index in [1.165, 1.54) is 6.26 Å². The predicted octanol–water partition coefficient (Wildman–Crippen LogP) is 0.621. The maximum Gasteiger partial charge on any atom is 0.289 e. The number of nitrogens with one attached hydrogen (secondary N) is 1. The van der Waals surface area contributed by atoms with Crippen LogP contribution in [0, 0.1) is 13.8 Å².